The molecule has 0 aliphatic heterocycles. The summed E-state index contributed by atoms with van der Waals surface area (Å²) in [7, 11) is 0. The quantitative estimate of drug-likeness (QED) is 0.313. The lowest BCUT2D eigenvalue weighted by molar-refractivity contribution is -0.0956. The Morgan fingerprint density at radius 3 is 2.36 bits per heavy atom. The second kappa shape index (κ2) is 11.5. The number of rotatable bonds is 8. The number of ether oxygens (including phenoxy) is 1. The van der Waals surface area contributed by atoms with E-state index in [4.69, 9.17) is 11.2 Å². The molecule has 0 aromatic rings. The summed E-state index contributed by atoms with van der Waals surface area (Å²) in [5.74, 6) is 4.96. The molecule has 28 heavy (non-hydrogen) atoms. The van der Waals surface area contributed by atoms with Gasteiger partial charge in [0.15, 0.2) is 6.17 Å². The van der Waals surface area contributed by atoms with E-state index >= 15 is 0 Å². The van der Waals surface area contributed by atoms with Gasteiger partial charge in [0.2, 0.25) is 0 Å². The number of terminal acetylenes is 1. The van der Waals surface area contributed by atoms with E-state index in [9.17, 15) is 8.78 Å². The van der Waals surface area contributed by atoms with Gasteiger partial charge in [-0.3, -0.25) is 0 Å². The predicted molar refractivity (Wildman–Crippen MR) is 114 cm³/mol. The van der Waals surface area contributed by atoms with Crippen LogP contribution in [0.15, 0.2) is 0 Å². The van der Waals surface area contributed by atoms with Gasteiger partial charge in [0, 0.05) is 0 Å². The summed E-state index contributed by atoms with van der Waals surface area (Å²) in [5, 5.41) is 0. The minimum atomic E-state index is -1.54. The molecule has 162 valence electrons. The lowest BCUT2D eigenvalue weighted by Gasteiger charge is -2.39. The first-order valence-corrected chi connectivity index (χ1v) is 11.8. The molecule has 0 amide bonds. The molecule has 0 aromatic carbocycles. The van der Waals surface area contributed by atoms with E-state index in [-0.39, 0.29) is 5.92 Å². The third-order valence-corrected chi connectivity index (χ3v) is 7.44. The second-order valence-corrected chi connectivity index (χ2v) is 9.78. The maximum atomic E-state index is 15.0. The first kappa shape index (κ1) is 23.7. The van der Waals surface area contributed by atoms with E-state index in [1.807, 2.05) is 0 Å². The summed E-state index contributed by atoms with van der Waals surface area (Å²) in [4.78, 5) is 0. The molecule has 2 rings (SSSR count). The van der Waals surface area contributed by atoms with Crippen LogP contribution in [0.2, 0.25) is 0 Å². The van der Waals surface area contributed by atoms with Gasteiger partial charge in [-0.2, -0.15) is 0 Å². The average Bonchev–Trinajstić information content (AvgIpc) is 2.92. The zero-order valence-corrected chi connectivity index (χ0v) is 18.5. The molecule has 2 saturated carbocycles. The minimum absolute atomic E-state index is 0.148. The van der Waals surface area contributed by atoms with Crippen LogP contribution >= 0.6 is 0 Å². The third-order valence-electron chi connectivity index (χ3n) is 7.44. The van der Waals surface area contributed by atoms with E-state index in [1.54, 1.807) is 6.92 Å². The number of hydrogen-bond donors (Lipinski definition) is 0. The van der Waals surface area contributed by atoms with Crippen molar-refractivity contribution in [2.45, 2.75) is 116 Å². The zero-order valence-electron chi connectivity index (χ0n) is 18.5. The van der Waals surface area contributed by atoms with Gasteiger partial charge in [0.25, 0.3) is 0 Å². The second-order valence-electron chi connectivity index (χ2n) is 9.78. The van der Waals surface area contributed by atoms with Crippen LogP contribution in [0.4, 0.5) is 8.78 Å². The fraction of sp³-hybridized carbons (Fsp3) is 0.920. The average molecular weight is 397 g/mol. The topological polar surface area (TPSA) is 9.23 Å². The van der Waals surface area contributed by atoms with Gasteiger partial charge in [-0.25, -0.2) is 8.78 Å². The first-order chi connectivity index (χ1) is 13.4. The summed E-state index contributed by atoms with van der Waals surface area (Å²) in [6.45, 7) is 8.64. The normalized spacial score (nSPS) is 36.5. The molecule has 1 nitrogen and oxygen atoms in total. The molecule has 8 atom stereocenters. The summed E-state index contributed by atoms with van der Waals surface area (Å²) < 4.78 is 35.2. The van der Waals surface area contributed by atoms with Crippen LogP contribution in [0.5, 0.6) is 0 Å². The Bertz CT molecular complexity index is 485. The highest BCUT2D eigenvalue weighted by Gasteiger charge is 2.44. The Kier molecular flexibility index (Phi) is 9.75. The number of halogens is 2. The number of alkyl halides is 2. The molecule has 0 bridgehead atoms. The van der Waals surface area contributed by atoms with Gasteiger partial charge in [-0.1, -0.05) is 58.8 Å². The third kappa shape index (κ3) is 6.45. The Morgan fingerprint density at radius 1 is 0.964 bits per heavy atom. The SMILES string of the molecule is C#CC(C)OC1CCC(C2CCCC(C(CC)CCC(C)C)CC2)C(F)C1F. The lowest BCUT2D eigenvalue weighted by Crippen LogP contribution is -2.46. The maximum Gasteiger partial charge on any atom is 0.157 e. The molecule has 2 fully saturated rings. The van der Waals surface area contributed by atoms with E-state index in [0.29, 0.717) is 12.3 Å². The molecule has 0 spiro atoms. The van der Waals surface area contributed by atoms with Crippen LogP contribution in [0.25, 0.3) is 0 Å². The summed E-state index contributed by atoms with van der Waals surface area (Å²) in [6, 6.07) is 0. The first-order valence-electron chi connectivity index (χ1n) is 11.8. The van der Waals surface area contributed by atoms with Gasteiger partial charge >= 0.3 is 0 Å². The largest absolute Gasteiger partial charge is 0.359 e. The van der Waals surface area contributed by atoms with Crippen molar-refractivity contribution in [3.05, 3.63) is 0 Å². The summed E-state index contributed by atoms with van der Waals surface area (Å²) in [5.41, 5.74) is 0. The van der Waals surface area contributed by atoms with Gasteiger partial charge in [0.1, 0.15) is 12.3 Å². The van der Waals surface area contributed by atoms with E-state index < -0.39 is 24.6 Å². The molecule has 0 N–H and O–H groups in total. The van der Waals surface area contributed by atoms with Crippen LogP contribution < -0.4 is 0 Å². The van der Waals surface area contributed by atoms with Crippen LogP contribution in [0.1, 0.15) is 91.9 Å². The highest BCUT2D eigenvalue weighted by Crippen LogP contribution is 2.44. The molecule has 0 heterocycles. The summed E-state index contributed by atoms with van der Waals surface area (Å²) >= 11 is 0. The Labute approximate surface area is 172 Å². The zero-order chi connectivity index (χ0) is 20.7. The van der Waals surface area contributed by atoms with E-state index in [1.165, 1.54) is 38.5 Å². The number of hydrogen-bond acceptors (Lipinski definition) is 1. The molecular weight excluding hydrogens is 354 g/mol. The van der Waals surface area contributed by atoms with Gasteiger partial charge < -0.3 is 4.74 Å². The van der Waals surface area contributed by atoms with Crippen molar-refractivity contribution in [2.24, 2.45) is 29.6 Å². The van der Waals surface area contributed by atoms with Crippen LogP contribution in [0, 0.1) is 41.9 Å². The van der Waals surface area contributed by atoms with Crippen molar-refractivity contribution >= 4 is 0 Å². The van der Waals surface area contributed by atoms with Crippen LogP contribution in [-0.2, 0) is 4.74 Å². The van der Waals surface area contributed by atoms with Gasteiger partial charge in [-0.15, -0.1) is 6.42 Å². The van der Waals surface area contributed by atoms with Crippen molar-refractivity contribution in [3.8, 4) is 12.3 Å². The predicted octanol–water partition coefficient (Wildman–Crippen LogP) is 7.14. The van der Waals surface area contributed by atoms with E-state index in [0.717, 1.165) is 37.0 Å². The standard InChI is InChI=1S/C25H42F2O/c1-6-18(5)28-23-16-15-22(24(26)25(23)27)21-10-8-9-20(13-14-21)19(7-2)12-11-17(3)4/h1,17-25H,7-16H2,2-5H3. The van der Waals surface area contributed by atoms with Crippen LogP contribution in [0.3, 0.4) is 0 Å². The highest BCUT2D eigenvalue weighted by atomic mass is 19.2. The molecule has 2 aliphatic rings. The van der Waals surface area contributed by atoms with Crippen molar-refractivity contribution in [2.75, 3.05) is 0 Å². The smallest absolute Gasteiger partial charge is 0.157 e. The van der Waals surface area contributed by atoms with Gasteiger partial charge in [-0.05, 0) is 68.6 Å². The van der Waals surface area contributed by atoms with Crippen LogP contribution in [-0.4, -0.2) is 24.6 Å². The Balaban J connectivity index is 1.90. The van der Waals surface area contributed by atoms with Crippen molar-refractivity contribution in [3.63, 3.8) is 0 Å². The molecule has 3 heteroatoms. The minimum Gasteiger partial charge on any atom is -0.359 e. The molecule has 0 aromatic heterocycles. The fourth-order valence-electron chi connectivity index (χ4n) is 5.64. The Morgan fingerprint density at radius 2 is 1.71 bits per heavy atom. The van der Waals surface area contributed by atoms with Gasteiger partial charge in [0.05, 0.1) is 6.10 Å². The molecule has 8 unspecified atom stereocenters. The highest BCUT2D eigenvalue weighted by molar-refractivity contribution is 4.97. The Hall–Kier alpha value is -0.620. The van der Waals surface area contributed by atoms with Crippen molar-refractivity contribution < 1.29 is 13.5 Å². The van der Waals surface area contributed by atoms with Crippen molar-refractivity contribution in [1.29, 1.82) is 0 Å². The fourth-order valence-corrected chi connectivity index (χ4v) is 5.64. The molecular formula is C25H42F2O. The molecule has 2 aliphatic carbocycles. The van der Waals surface area contributed by atoms with E-state index in [2.05, 4.69) is 26.7 Å². The monoisotopic (exact) mass is 396 g/mol. The lowest BCUT2D eigenvalue weighted by atomic mass is 9.73. The molecule has 0 saturated heterocycles. The maximum absolute atomic E-state index is 15.0. The van der Waals surface area contributed by atoms with Crippen molar-refractivity contribution in [1.82, 2.24) is 0 Å². The summed E-state index contributed by atoms with van der Waals surface area (Å²) in [6.07, 6.45) is 12.2. The molecule has 0 radical (unpaired) electrons.